The van der Waals surface area contributed by atoms with Crippen LogP contribution in [-0.4, -0.2) is 40.0 Å². The zero-order valence-electron chi connectivity index (χ0n) is 12.7. The Morgan fingerprint density at radius 1 is 1.36 bits per heavy atom. The highest BCUT2D eigenvalue weighted by molar-refractivity contribution is 8.01. The topological polar surface area (TPSA) is 55.8 Å². The third kappa shape index (κ3) is 2.67. The van der Waals surface area contributed by atoms with Crippen molar-refractivity contribution in [3.8, 4) is 11.5 Å². The Kier molecular flexibility index (Phi) is 4.04. The standard InChI is InChI=1S/C16H19NO4S/c1-3-20-11-4-6-12(7-5-11)21-15(19)13-10-22-16(2)9-8-14(18)17(13)16/h4-7,13H,3,8-10H2,1-2H3/t13-,16-/m1/s1. The Bertz CT molecular complexity index is 588. The van der Waals surface area contributed by atoms with Crippen LogP contribution in [0.25, 0.3) is 0 Å². The predicted molar refractivity (Wildman–Crippen MR) is 84.0 cm³/mol. The average molecular weight is 321 g/mol. The van der Waals surface area contributed by atoms with Crippen LogP contribution >= 0.6 is 11.8 Å². The van der Waals surface area contributed by atoms with Gasteiger partial charge in [0.1, 0.15) is 17.5 Å². The fraction of sp³-hybridized carbons (Fsp3) is 0.500. The molecule has 0 radical (unpaired) electrons. The van der Waals surface area contributed by atoms with Gasteiger partial charge < -0.3 is 14.4 Å². The van der Waals surface area contributed by atoms with Crippen LogP contribution in [0.15, 0.2) is 24.3 Å². The summed E-state index contributed by atoms with van der Waals surface area (Å²) >= 11 is 1.66. The smallest absolute Gasteiger partial charge is 0.335 e. The molecule has 1 aromatic rings. The van der Waals surface area contributed by atoms with Crippen LogP contribution in [-0.2, 0) is 9.59 Å². The van der Waals surface area contributed by atoms with Crippen molar-refractivity contribution in [1.29, 1.82) is 0 Å². The van der Waals surface area contributed by atoms with Crippen molar-refractivity contribution in [3.05, 3.63) is 24.3 Å². The first-order chi connectivity index (χ1) is 10.5. The van der Waals surface area contributed by atoms with Crippen molar-refractivity contribution in [3.63, 3.8) is 0 Å². The highest BCUT2D eigenvalue weighted by Crippen LogP contribution is 2.47. The van der Waals surface area contributed by atoms with Crippen LogP contribution in [0.3, 0.4) is 0 Å². The van der Waals surface area contributed by atoms with E-state index in [4.69, 9.17) is 9.47 Å². The second kappa shape index (κ2) is 5.83. The van der Waals surface area contributed by atoms with Gasteiger partial charge in [0, 0.05) is 12.2 Å². The van der Waals surface area contributed by atoms with E-state index >= 15 is 0 Å². The summed E-state index contributed by atoms with van der Waals surface area (Å²) in [7, 11) is 0. The average Bonchev–Trinajstić information content (AvgIpc) is 2.98. The third-order valence-corrected chi connectivity index (χ3v) is 5.58. The molecule has 0 aliphatic carbocycles. The molecule has 1 amide bonds. The number of benzene rings is 1. The Balaban J connectivity index is 1.68. The second-order valence-electron chi connectivity index (χ2n) is 5.59. The monoisotopic (exact) mass is 321 g/mol. The van der Waals surface area contributed by atoms with Gasteiger partial charge in [0.2, 0.25) is 5.91 Å². The maximum absolute atomic E-state index is 12.4. The minimum atomic E-state index is -0.489. The van der Waals surface area contributed by atoms with Crippen molar-refractivity contribution >= 4 is 23.6 Å². The summed E-state index contributed by atoms with van der Waals surface area (Å²) in [6.45, 7) is 4.52. The van der Waals surface area contributed by atoms with Crippen LogP contribution in [0.5, 0.6) is 11.5 Å². The molecule has 3 rings (SSSR count). The highest BCUT2D eigenvalue weighted by Gasteiger charge is 2.53. The lowest BCUT2D eigenvalue weighted by molar-refractivity contribution is -0.146. The van der Waals surface area contributed by atoms with Gasteiger partial charge in [0.25, 0.3) is 0 Å². The molecule has 0 spiro atoms. The second-order valence-corrected chi connectivity index (χ2v) is 7.09. The maximum Gasteiger partial charge on any atom is 0.335 e. The van der Waals surface area contributed by atoms with Crippen molar-refractivity contribution in [1.82, 2.24) is 4.90 Å². The Labute approximate surface area is 134 Å². The van der Waals surface area contributed by atoms with E-state index in [9.17, 15) is 9.59 Å². The number of ether oxygens (including phenoxy) is 2. The van der Waals surface area contributed by atoms with Gasteiger partial charge in [-0.1, -0.05) is 0 Å². The van der Waals surface area contributed by atoms with Crippen LogP contribution < -0.4 is 9.47 Å². The zero-order chi connectivity index (χ0) is 15.7. The fourth-order valence-electron chi connectivity index (χ4n) is 2.95. The lowest BCUT2D eigenvalue weighted by atomic mass is 10.2. The summed E-state index contributed by atoms with van der Waals surface area (Å²) in [5.74, 6) is 1.48. The maximum atomic E-state index is 12.4. The lowest BCUT2D eigenvalue weighted by Crippen LogP contribution is -2.47. The van der Waals surface area contributed by atoms with E-state index in [0.29, 0.717) is 24.5 Å². The third-order valence-electron chi connectivity index (χ3n) is 4.07. The van der Waals surface area contributed by atoms with Crippen LogP contribution in [0, 0.1) is 0 Å². The fourth-order valence-corrected chi connectivity index (χ4v) is 4.37. The molecule has 2 saturated heterocycles. The summed E-state index contributed by atoms with van der Waals surface area (Å²) in [4.78, 5) is 25.9. The number of hydrogen-bond donors (Lipinski definition) is 0. The molecule has 0 bridgehead atoms. The predicted octanol–water partition coefficient (Wildman–Crippen LogP) is 2.44. The molecule has 2 aliphatic rings. The van der Waals surface area contributed by atoms with E-state index in [1.165, 1.54) is 0 Å². The summed E-state index contributed by atoms with van der Waals surface area (Å²) in [5, 5.41) is 0. The van der Waals surface area contributed by atoms with Gasteiger partial charge in [-0.2, -0.15) is 0 Å². The molecule has 118 valence electrons. The van der Waals surface area contributed by atoms with E-state index in [-0.39, 0.29) is 16.7 Å². The quantitative estimate of drug-likeness (QED) is 0.630. The Hall–Kier alpha value is -1.69. The number of fused-ring (bicyclic) bond motifs is 1. The number of carbonyl (C=O) groups excluding carboxylic acids is 2. The number of hydrogen-bond acceptors (Lipinski definition) is 5. The molecule has 5 nitrogen and oxygen atoms in total. The van der Waals surface area contributed by atoms with Gasteiger partial charge in [-0.15, -0.1) is 11.8 Å². The first kappa shape index (κ1) is 15.2. The van der Waals surface area contributed by atoms with E-state index in [0.717, 1.165) is 12.2 Å². The van der Waals surface area contributed by atoms with Crippen LogP contribution in [0.1, 0.15) is 26.7 Å². The Morgan fingerprint density at radius 2 is 2.05 bits per heavy atom. The molecule has 2 fully saturated rings. The van der Waals surface area contributed by atoms with E-state index < -0.39 is 6.04 Å². The molecule has 1 aromatic carbocycles. The van der Waals surface area contributed by atoms with E-state index in [2.05, 4.69) is 0 Å². The summed E-state index contributed by atoms with van der Waals surface area (Å²) in [6, 6.07) is 6.45. The molecule has 2 atom stereocenters. The van der Waals surface area contributed by atoms with Crippen molar-refractivity contribution in [2.75, 3.05) is 12.4 Å². The number of nitrogens with zero attached hydrogens (tertiary/aromatic N) is 1. The first-order valence-corrected chi connectivity index (χ1v) is 8.43. The lowest BCUT2D eigenvalue weighted by Gasteiger charge is -2.29. The largest absolute Gasteiger partial charge is 0.494 e. The SMILES string of the molecule is CCOc1ccc(OC(=O)[C@H]2CS[C@]3(C)CCC(=O)N23)cc1. The van der Waals surface area contributed by atoms with E-state index in [1.807, 2.05) is 13.8 Å². The van der Waals surface area contributed by atoms with E-state index in [1.54, 1.807) is 40.9 Å². The van der Waals surface area contributed by atoms with Crippen molar-refractivity contribution in [2.24, 2.45) is 0 Å². The molecule has 0 N–H and O–H groups in total. The minimum Gasteiger partial charge on any atom is -0.494 e. The molecule has 2 aliphatic heterocycles. The van der Waals surface area contributed by atoms with Gasteiger partial charge in [0.05, 0.1) is 11.5 Å². The summed E-state index contributed by atoms with van der Waals surface area (Å²) in [6.07, 6.45) is 1.31. The van der Waals surface area contributed by atoms with Crippen LogP contribution in [0.4, 0.5) is 0 Å². The number of rotatable bonds is 4. The molecule has 0 saturated carbocycles. The molecule has 6 heteroatoms. The van der Waals surface area contributed by atoms with Crippen molar-refractivity contribution < 1.29 is 19.1 Å². The highest BCUT2D eigenvalue weighted by atomic mass is 32.2. The molecule has 22 heavy (non-hydrogen) atoms. The molecule has 2 heterocycles. The van der Waals surface area contributed by atoms with Gasteiger partial charge in [0.15, 0.2) is 0 Å². The van der Waals surface area contributed by atoms with Gasteiger partial charge >= 0.3 is 5.97 Å². The van der Waals surface area contributed by atoms with Crippen molar-refractivity contribution in [2.45, 2.75) is 37.6 Å². The summed E-state index contributed by atoms with van der Waals surface area (Å²) in [5.41, 5.74) is 0. The summed E-state index contributed by atoms with van der Waals surface area (Å²) < 4.78 is 10.8. The normalized spacial score (nSPS) is 26.9. The van der Waals surface area contributed by atoms with Gasteiger partial charge in [-0.3, -0.25) is 4.79 Å². The minimum absolute atomic E-state index is 0.0427. The molecule has 0 unspecified atom stereocenters. The zero-order valence-corrected chi connectivity index (χ0v) is 13.5. The van der Waals surface area contributed by atoms with Gasteiger partial charge in [-0.25, -0.2) is 4.79 Å². The molecular formula is C16H19NO4S. The Morgan fingerprint density at radius 3 is 2.73 bits per heavy atom. The molecule has 0 aromatic heterocycles. The number of esters is 1. The van der Waals surface area contributed by atoms with Crippen LogP contribution in [0.2, 0.25) is 0 Å². The number of amides is 1. The molecular weight excluding hydrogens is 302 g/mol. The van der Waals surface area contributed by atoms with Gasteiger partial charge in [-0.05, 0) is 44.5 Å². The number of carbonyl (C=O) groups is 2. The first-order valence-electron chi connectivity index (χ1n) is 7.44. The number of thioether (sulfide) groups is 1.